The molecule has 0 aliphatic rings. The van der Waals surface area contributed by atoms with Gasteiger partial charge in [-0.15, -0.1) is 0 Å². The Morgan fingerprint density at radius 3 is 2.41 bits per heavy atom. The van der Waals surface area contributed by atoms with Crippen molar-refractivity contribution in [1.82, 2.24) is 0 Å². The lowest BCUT2D eigenvalue weighted by atomic mass is 10.1. The first-order chi connectivity index (χ1) is 13.9. The molecule has 0 aromatic heterocycles. The van der Waals surface area contributed by atoms with Crippen molar-refractivity contribution in [3.63, 3.8) is 0 Å². The molecule has 0 radical (unpaired) electrons. The molecule has 0 saturated heterocycles. The Bertz CT molecular complexity index is 869. The number of ether oxygens (including phenoxy) is 3. The number of esters is 1. The van der Waals surface area contributed by atoms with Gasteiger partial charge in [0.15, 0.2) is 18.1 Å². The molecule has 2 aromatic carbocycles. The summed E-state index contributed by atoms with van der Waals surface area (Å²) in [6, 6.07) is 11.1. The topological polar surface area (TPSA) is 73.9 Å². The summed E-state index contributed by atoms with van der Waals surface area (Å²) in [7, 11) is 1.56. The Labute approximate surface area is 171 Å². The monoisotopic (exact) mass is 397 g/mol. The molecule has 0 aliphatic heterocycles. The molecule has 6 nitrogen and oxygen atoms in total. The van der Waals surface area contributed by atoms with E-state index in [0.29, 0.717) is 23.8 Å². The van der Waals surface area contributed by atoms with Gasteiger partial charge in [0.1, 0.15) is 0 Å². The Balaban J connectivity index is 1.88. The molecule has 0 atom stereocenters. The average Bonchev–Trinajstić information content (AvgIpc) is 2.68. The lowest BCUT2D eigenvalue weighted by Gasteiger charge is -2.10. The van der Waals surface area contributed by atoms with E-state index in [-0.39, 0.29) is 6.61 Å². The predicted octanol–water partition coefficient (Wildman–Crippen LogP) is 4.30. The number of methoxy groups -OCH3 is 1. The fourth-order valence-electron chi connectivity index (χ4n) is 2.71. The van der Waals surface area contributed by atoms with Gasteiger partial charge in [-0.2, -0.15) is 0 Å². The van der Waals surface area contributed by atoms with Crippen LogP contribution in [0.15, 0.2) is 42.5 Å². The minimum absolute atomic E-state index is 0.358. The maximum Gasteiger partial charge on any atom is 0.331 e. The third kappa shape index (κ3) is 7.33. The molecule has 0 fully saturated rings. The van der Waals surface area contributed by atoms with Crippen molar-refractivity contribution in [3.05, 3.63) is 59.2 Å². The summed E-state index contributed by atoms with van der Waals surface area (Å²) < 4.78 is 15.9. The molecule has 0 bridgehead atoms. The zero-order chi connectivity index (χ0) is 21.2. The number of anilines is 1. The van der Waals surface area contributed by atoms with Gasteiger partial charge in [0.25, 0.3) is 5.91 Å². The summed E-state index contributed by atoms with van der Waals surface area (Å²) in [6.07, 6.45) is 3.76. The van der Waals surface area contributed by atoms with E-state index in [9.17, 15) is 9.59 Å². The number of rotatable bonds is 9. The predicted molar refractivity (Wildman–Crippen MR) is 113 cm³/mol. The van der Waals surface area contributed by atoms with Crippen molar-refractivity contribution >= 4 is 23.6 Å². The molecule has 0 unspecified atom stereocenters. The lowest BCUT2D eigenvalue weighted by molar-refractivity contribution is -0.142. The first-order valence-corrected chi connectivity index (χ1v) is 9.45. The Hall–Kier alpha value is -3.28. The maximum atomic E-state index is 12.0. The molecule has 29 heavy (non-hydrogen) atoms. The van der Waals surface area contributed by atoms with Crippen LogP contribution in [0.1, 0.15) is 30.0 Å². The van der Waals surface area contributed by atoms with Gasteiger partial charge in [-0.1, -0.05) is 19.1 Å². The number of carbonyl (C=O) groups is 2. The van der Waals surface area contributed by atoms with E-state index in [1.54, 1.807) is 25.3 Å². The molecule has 0 spiro atoms. The maximum absolute atomic E-state index is 12.0. The zero-order valence-corrected chi connectivity index (χ0v) is 17.3. The molecule has 2 aromatic rings. The minimum Gasteiger partial charge on any atom is -0.493 e. The number of carbonyl (C=O) groups excluding carboxylic acids is 2. The van der Waals surface area contributed by atoms with E-state index in [2.05, 4.69) is 5.32 Å². The molecule has 2 rings (SSSR count). The Kier molecular flexibility index (Phi) is 8.27. The summed E-state index contributed by atoms with van der Waals surface area (Å²) in [5.74, 6) is 0.237. The first-order valence-electron chi connectivity index (χ1n) is 9.45. The van der Waals surface area contributed by atoms with Crippen LogP contribution >= 0.6 is 0 Å². The molecule has 0 aliphatic carbocycles. The SMILES string of the molecule is CCCOc1ccc(/C=C/C(=O)OCC(=O)Nc2cc(C)cc(C)c2)cc1OC. The first kappa shape index (κ1) is 22.0. The molecule has 1 amide bonds. The van der Waals surface area contributed by atoms with E-state index in [1.807, 2.05) is 45.0 Å². The van der Waals surface area contributed by atoms with Crippen LogP contribution in [0.5, 0.6) is 11.5 Å². The largest absolute Gasteiger partial charge is 0.493 e. The summed E-state index contributed by atoms with van der Waals surface area (Å²) >= 11 is 0. The molecular formula is C23H27NO5. The Morgan fingerprint density at radius 2 is 1.76 bits per heavy atom. The summed E-state index contributed by atoms with van der Waals surface area (Å²) in [5, 5.41) is 2.72. The van der Waals surface area contributed by atoms with Crippen LogP contribution in [-0.2, 0) is 14.3 Å². The lowest BCUT2D eigenvalue weighted by Crippen LogP contribution is -2.20. The van der Waals surface area contributed by atoms with Crippen LogP contribution in [0.2, 0.25) is 0 Å². The number of nitrogens with one attached hydrogen (secondary N) is 1. The number of hydrogen-bond acceptors (Lipinski definition) is 5. The average molecular weight is 397 g/mol. The summed E-state index contributed by atoms with van der Waals surface area (Å²) in [5.41, 5.74) is 3.52. The van der Waals surface area contributed by atoms with Crippen molar-refractivity contribution in [2.24, 2.45) is 0 Å². The molecule has 0 heterocycles. The Morgan fingerprint density at radius 1 is 1.03 bits per heavy atom. The van der Waals surface area contributed by atoms with Crippen molar-refractivity contribution < 1.29 is 23.8 Å². The van der Waals surface area contributed by atoms with E-state index < -0.39 is 11.9 Å². The second kappa shape index (κ2) is 10.9. The van der Waals surface area contributed by atoms with Gasteiger partial charge in [0.2, 0.25) is 0 Å². The summed E-state index contributed by atoms with van der Waals surface area (Å²) in [4.78, 5) is 23.9. The van der Waals surface area contributed by atoms with Crippen molar-refractivity contribution in [2.45, 2.75) is 27.2 Å². The van der Waals surface area contributed by atoms with E-state index in [4.69, 9.17) is 14.2 Å². The standard InChI is InChI=1S/C23H27NO5/c1-5-10-28-20-8-6-18(14-21(20)27-4)7-9-23(26)29-15-22(25)24-19-12-16(2)11-17(3)13-19/h6-9,11-14H,5,10,15H2,1-4H3,(H,24,25)/b9-7+. The fraction of sp³-hybridized carbons (Fsp3) is 0.304. The number of aryl methyl sites for hydroxylation is 2. The van der Waals surface area contributed by atoms with Crippen LogP contribution in [0, 0.1) is 13.8 Å². The van der Waals surface area contributed by atoms with Gasteiger partial charge in [-0.3, -0.25) is 4.79 Å². The van der Waals surface area contributed by atoms with Crippen molar-refractivity contribution in [3.8, 4) is 11.5 Å². The highest BCUT2D eigenvalue weighted by molar-refractivity contribution is 5.94. The van der Waals surface area contributed by atoms with Gasteiger partial charge in [0.05, 0.1) is 13.7 Å². The van der Waals surface area contributed by atoms with Crippen molar-refractivity contribution in [2.75, 3.05) is 25.6 Å². The second-order valence-electron chi connectivity index (χ2n) is 6.62. The summed E-state index contributed by atoms with van der Waals surface area (Å²) in [6.45, 7) is 6.17. The minimum atomic E-state index is -0.606. The van der Waals surface area contributed by atoms with Crippen LogP contribution in [-0.4, -0.2) is 32.2 Å². The van der Waals surface area contributed by atoms with Gasteiger partial charge < -0.3 is 19.5 Å². The normalized spacial score (nSPS) is 10.6. The van der Waals surface area contributed by atoms with Gasteiger partial charge in [-0.25, -0.2) is 4.79 Å². The second-order valence-corrected chi connectivity index (χ2v) is 6.62. The number of amides is 1. The molecule has 6 heteroatoms. The highest BCUT2D eigenvalue weighted by atomic mass is 16.5. The molecule has 1 N–H and O–H groups in total. The van der Waals surface area contributed by atoms with Crippen LogP contribution < -0.4 is 14.8 Å². The van der Waals surface area contributed by atoms with Gasteiger partial charge in [0, 0.05) is 11.8 Å². The van der Waals surface area contributed by atoms with Crippen LogP contribution in [0.3, 0.4) is 0 Å². The van der Waals surface area contributed by atoms with Crippen LogP contribution in [0.25, 0.3) is 6.08 Å². The molecule has 154 valence electrons. The van der Waals surface area contributed by atoms with E-state index in [0.717, 1.165) is 23.1 Å². The van der Waals surface area contributed by atoms with E-state index >= 15 is 0 Å². The third-order valence-corrected chi connectivity index (χ3v) is 3.91. The van der Waals surface area contributed by atoms with Crippen molar-refractivity contribution in [1.29, 1.82) is 0 Å². The third-order valence-electron chi connectivity index (χ3n) is 3.91. The van der Waals surface area contributed by atoms with Gasteiger partial charge >= 0.3 is 5.97 Å². The smallest absolute Gasteiger partial charge is 0.331 e. The van der Waals surface area contributed by atoms with Crippen LogP contribution in [0.4, 0.5) is 5.69 Å². The zero-order valence-electron chi connectivity index (χ0n) is 17.3. The highest BCUT2D eigenvalue weighted by Gasteiger charge is 2.08. The van der Waals surface area contributed by atoms with E-state index in [1.165, 1.54) is 6.08 Å². The fourth-order valence-corrected chi connectivity index (χ4v) is 2.71. The number of benzene rings is 2. The van der Waals surface area contributed by atoms with Gasteiger partial charge in [-0.05, 0) is 67.3 Å². The molecular weight excluding hydrogens is 370 g/mol. The highest BCUT2D eigenvalue weighted by Crippen LogP contribution is 2.28. The number of hydrogen-bond donors (Lipinski definition) is 1. The molecule has 0 saturated carbocycles. The quantitative estimate of drug-likeness (QED) is 0.505.